The molecule has 1 nitrogen and oxygen atoms in total. The highest BCUT2D eigenvalue weighted by Gasteiger charge is 2.21. The van der Waals surface area contributed by atoms with E-state index in [9.17, 15) is 0 Å². The van der Waals surface area contributed by atoms with Crippen molar-refractivity contribution in [3.63, 3.8) is 0 Å². The molecular formula is C19H39N. The van der Waals surface area contributed by atoms with E-state index in [4.69, 9.17) is 0 Å². The average Bonchev–Trinajstić information content (AvgIpc) is 2.42. The number of nitrogens with one attached hydrogen (secondary N) is 1. The molecule has 0 aromatic heterocycles. The van der Waals surface area contributed by atoms with Crippen molar-refractivity contribution in [2.75, 3.05) is 6.54 Å². The Morgan fingerprint density at radius 1 is 0.800 bits per heavy atom. The highest BCUT2D eigenvalue weighted by molar-refractivity contribution is 4.78. The van der Waals surface area contributed by atoms with Gasteiger partial charge in [-0.25, -0.2) is 0 Å². The Morgan fingerprint density at radius 2 is 1.45 bits per heavy atom. The standard InChI is InChI=1S/C19H39N/c1-3-5-6-8-13-16-19(20-17-4-2)18-14-11-9-7-10-12-15-18/h18-20H,3-17H2,1-2H3. The Kier molecular flexibility index (Phi) is 11.4. The van der Waals surface area contributed by atoms with Gasteiger partial charge in [-0.3, -0.25) is 0 Å². The van der Waals surface area contributed by atoms with Gasteiger partial charge in [-0.15, -0.1) is 0 Å². The molecule has 1 N–H and O–H groups in total. The van der Waals surface area contributed by atoms with Crippen LogP contribution >= 0.6 is 0 Å². The smallest absolute Gasteiger partial charge is 0.00953 e. The molecular weight excluding hydrogens is 242 g/mol. The van der Waals surface area contributed by atoms with E-state index < -0.39 is 0 Å². The lowest BCUT2D eigenvalue weighted by Crippen LogP contribution is -2.37. The van der Waals surface area contributed by atoms with Crippen molar-refractivity contribution < 1.29 is 0 Å². The fourth-order valence-corrected chi connectivity index (χ4v) is 3.69. The predicted molar refractivity (Wildman–Crippen MR) is 91.3 cm³/mol. The van der Waals surface area contributed by atoms with Gasteiger partial charge < -0.3 is 5.32 Å². The maximum absolute atomic E-state index is 3.88. The van der Waals surface area contributed by atoms with Crippen molar-refractivity contribution in [3.05, 3.63) is 0 Å². The van der Waals surface area contributed by atoms with Gasteiger partial charge in [-0.2, -0.15) is 0 Å². The lowest BCUT2D eigenvalue weighted by Gasteiger charge is -2.30. The topological polar surface area (TPSA) is 12.0 Å². The number of rotatable bonds is 10. The Hall–Kier alpha value is -0.0400. The summed E-state index contributed by atoms with van der Waals surface area (Å²) in [5.74, 6) is 0.966. The first kappa shape index (κ1) is 18.0. The Morgan fingerprint density at radius 3 is 2.10 bits per heavy atom. The molecule has 0 bridgehead atoms. The van der Waals surface area contributed by atoms with Crippen molar-refractivity contribution >= 4 is 0 Å². The van der Waals surface area contributed by atoms with Gasteiger partial charge >= 0.3 is 0 Å². The van der Waals surface area contributed by atoms with Gasteiger partial charge in [0.25, 0.3) is 0 Å². The number of hydrogen-bond donors (Lipinski definition) is 1. The van der Waals surface area contributed by atoms with E-state index in [1.807, 2.05) is 0 Å². The summed E-state index contributed by atoms with van der Waals surface area (Å²) in [5.41, 5.74) is 0. The summed E-state index contributed by atoms with van der Waals surface area (Å²) in [6, 6.07) is 0.815. The van der Waals surface area contributed by atoms with Gasteiger partial charge in [0.05, 0.1) is 0 Å². The molecule has 0 aromatic carbocycles. The second-order valence-corrected chi connectivity index (χ2v) is 6.87. The highest BCUT2D eigenvalue weighted by Crippen LogP contribution is 2.27. The minimum absolute atomic E-state index is 0.815. The number of unbranched alkanes of at least 4 members (excludes halogenated alkanes) is 4. The van der Waals surface area contributed by atoms with Crippen LogP contribution in [0.2, 0.25) is 0 Å². The average molecular weight is 282 g/mol. The van der Waals surface area contributed by atoms with Crippen molar-refractivity contribution in [1.29, 1.82) is 0 Å². The molecule has 20 heavy (non-hydrogen) atoms. The molecule has 0 aromatic rings. The first-order valence-electron chi connectivity index (χ1n) is 9.61. The van der Waals surface area contributed by atoms with Gasteiger partial charge in [0.1, 0.15) is 0 Å². The monoisotopic (exact) mass is 281 g/mol. The normalized spacial score (nSPS) is 19.5. The molecule has 120 valence electrons. The third-order valence-corrected chi connectivity index (χ3v) is 4.99. The SMILES string of the molecule is CCCCCCCC(NCCC)C1CCCCCCC1. The summed E-state index contributed by atoms with van der Waals surface area (Å²) in [6.45, 7) is 5.82. The predicted octanol–water partition coefficient (Wildman–Crippen LogP) is 6.08. The van der Waals surface area contributed by atoms with Gasteiger partial charge in [-0.05, 0) is 38.1 Å². The minimum Gasteiger partial charge on any atom is -0.314 e. The van der Waals surface area contributed by atoms with Crippen LogP contribution in [0.3, 0.4) is 0 Å². The first-order valence-corrected chi connectivity index (χ1v) is 9.61. The molecule has 1 aliphatic carbocycles. The molecule has 0 amide bonds. The molecule has 1 saturated carbocycles. The summed E-state index contributed by atoms with van der Waals surface area (Å²) >= 11 is 0. The summed E-state index contributed by atoms with van der Waals surface area (Å²) < 4.78 is 0. The van der Waals surface area contributed by atoms with Crippen LogP contribution in [0, 0.1) is 5.92 Å². The summed E-state index contributed by atoms with van der Waals surface area (Å²) in [4.78, 5) is 0. The van der Waals surface area contributed by atoms with E-state index in [0.717, 1.165) is 12.0 Å². The quantitative estimate of drug-likeness (QED) is 0.479. The van der Waals surface area contributed by atoms with Crippen LogP contribution in [0.5, 0.6) is 0 Å². The maximum atomic E-state index is 3.88. The Bertz CT molecular complexity index is 194. The van der Waals surface area contributed by atoms with E-state index in [0.29, 0.717) is 0 Å². The van der Waals surface area contributed by atoms with Crippen molar-refractivity contribution in [2.24, 2.45) is 5.92 Å². The van der Waals surface area contributed by atoms with Crippen molar-refractivity contribution in [2.45, 2.75) is 110 Å². The summed E-state index contributed by atoms with van der Waals surface area (Å²) in [6.07, 6.45) is 20.2. The third kappa shape index (κ3) is 8.29. The molecule has 1 heteroatoms. The van der Waals surface area contributed by atoms with Gasteiger partial charge in [0.15, 0.2) is 0 Å². The molecule has 0 spiro atoms. The van der Waals surface area contributed by atoms with Crippen LogP contribution in [0.15, 0.2) is 0 Å². The second-order valence-electron chi connectivity index (χ2n) is 6.87. The molecule has 1 unspecified atom stereocenters. The van der Waals surface area contributed by atoms with Gasteiger partial charge in [0, 0.05) is 6.04 Å². The van der Waals surface area contributed by atoms with E-state index in [1.165, 1.54) is 96.4 Å². The Balaban J connectivity index is 2.31. The van der Waals surface area contributed by atoms with Crippen molar-refractivity contribution in [3.8, 4) is 0 Å². The second kappa shape index (κ2) is 12.7. The third-order valence-electron chi connectivity index (χ3n) is 4.99. The van der Waals surface area contributed by atoms with Gasteiger partial charge in [0.2, 0.25) is 0 Å². The molecule has 1 fully saturated rings. The molecule has 1 aliphatic rings. The zero-order valence-electron chi connectivity index (χ0n) is 14.3. The molecule has 0 radical (unpaired) electrons. The molecule has 0 heterocycles. The number of hydrogen-bond acceptors (Lipinski definition) is 1. The minimum atomic E-state index is 0.815. The van der Waals surface area contributed by atoms with Crippen LogP contribution in [0.25, 0.3) is 0 Å². The van der Waals surface area contributed by atoms with E-state index >= 15 is 0 Å². The van der Waals surface area contributed by atoms with Crippen LogP contribution < -0.4 is 5.32 Å². The molecule has 0 aliphatic heterocycles. The zero-order valence-corrected chi connectivity index (χ0v) is 14.3. The van der Waals surface area contributed by atoms with Gasteiger partial charge in [-0.1, -0.05) is 78.1 Å². The summed E-state index contributed by atoms with van der Waals surface area (Å²) in [5, 5.41) is 3.88. The first-order chi connectivity index (χ1) is 9.88. The Labute approximate surface area is 128 Å². The lowest BCUT2D eigenvalue weighted by molar-refractivity contribution is 0.268. The van der Waals surface area contributed by atoms with Crippen LogP contribution in [-0.2, 0) is 0 Å². The van der Waals surface area contributed by atoms with E-state index in [1.54, 1.807) is 0 Å². The maximum Gasteiger partial charge on any atom is 0.00953 e. The summed E-state index contributed by atoms with van der Waals surface area (Å²) in [7, 11) is 0. The fraction of sp³-hybridized carbons (Fsp3) is 1.00. The molecule has 0 saturated heterocycles. The largest absolute Gasteiger partial charge is 0.314 e. The molecule has 1 rings (SSSR count). The van der Waals surface area contributed by atoms with Crippen LogP contribution in [0.1, 0.15) is 104 Å². The fourth-order valence-electron chi connectivity index (χ4n) is 3.69. The zero-order chi connectivity index (χ0) is 14.5. The van der Waals surface area contributed by atoms with E-state index in [2.05, 4.69) is 19.2 Å². The lowest BCUT2D eigenvalue weighted by atomic mass is 9.83. The van der Waals surface area contributed by atoms with Crippen molar-refractivity contribution in [1.82, 2.24) is 5.32 Å². The van der Waals surface area contributed by atoms with E-state index in [-0.39, 0.29) is 0 Å². The van der Waals surface area contributed by atoms with Crippen LogP contribution in [-0.4, -0.2) is 12.6 Å². The van der Waals surface area contributed by atoms with Crippen LogP contribution in [0.4, 0.5) is 0 Å². The highest BCUT2D eigenvalue weighted by atomic mass is 14.9. The molecule has 1 atom stereocenters.